The molecule has 0 unspecified atom stereocenters. The second-order valence-electron chi connectivity index (χ2n) is 4.14. The van der Waals surface area contributed by atoms with Gasteiger partial charge in [0.05, 0.1) is 11.6 Å². The maximum atomic E-state index is 12.1. The highest BCUT2D eigenvalue weighted by Crippen LogP contribution is 2.21. The SMILES string of the molecule is C=C(C(=O)N1CCCC1)c1ccccc1C#N. The molecular formula is C14H14N2O. The van der Waals surface area contributed by atoms with E-state index in [2.05, 4.69) is 12.6 Å². The smallest absolute Gasteiger partial charge is 0.253 e. The van der Waals surface area contributed by atoms with Crippen LogP contribution in [0.1, 0.15) is 24.0 Å². The van der Waals surface area contributed by atoms with Gasteiger partial charge in [0, 0.05) is 24.2 Å². The number of rotatable bonds is 2. The van der Waals surface area contributed by atoms with Gasteiger partial charge >= 0.3 is 0 Å². The molecule has 1 aliphatic rings. The predicted octanol–water partition coefficient (Wildman–Crippen LogP) is 2.19. The fourth-order valence-electron chi connectivity index (χ4n) is 2.07. The second-order valence-corrected chi connectivity index (χ2v) is 4.14. The van der Waals surface area contributed by atoms with Crippen molar-refractivity contribution in [3.8, 4) is 6.07 Å². The lowest BCUT2D eigenvalue weighted by Gasteiger charge is -2.17. The number of carbonyl (C=O) groups is 1. The zero-order valence-corrected chi connectivity index (χ0v) is 9.65. The third kappa shape index (κ3) is 2.21. The van der Waals surface area contributed by atoms with Crippen molar-refractivity contribution in [2.45, 2.75) is 12.8 Å². The molecular weight excluding hydrogens is 212 g/mol. The van der Waals surface area contributed by atoms with E-state index < -0.39 is 0 Å². The average molecular weight is 226 g/mol. The first-order chi connectivity index (χ1) is 8.24. The van der Waals surface area contributed by atoms with Crippen molar-refractivity contribution in [1.82, 2.24) is 4.90 Å². The summed E-state index contributed by atoms with van der Waals surface area (Å²) in [5, 5.41) is 9.00. The maximum Gasteiger partial charge on any atom is 0.253 e. The Labute approximate surface area is 101 Å². The van der Waals surface area contributed by atoms with Gasteiger partial charge in [-0.2, -0.15) is 5.26 Å². The average Bonchev–Trinajstić information content (AvgIpc) is 2.90. The minimum atomic E-state index is -0.0507. The van der Waals surface area contributed by atoms with Gasteiger partial charge < -0.3 is 4.90 Å². The molecule has 0 aromatic heterocycles. The Morgan fingerprint density at radius 2 is 1.94 bits per heavy atom. The van der Waals surface area contributed by atoms with Gasteiger partial charge in [0.25, 0.3) is 5.91 Å². The van der Waals surface area contributed by atoms with Gasteiger partial charge in [-0.25, -0.2) is 0 Å². The Balaban J connectivity index is 2.25. The Morgan fingerprint density at radius 1 is 1.29 bits per heavy atom. The Hall–Kier alpha value is -2.08. The fraction of sp³-hybridized carbons (Fsp3) is 0.286. The molecule has 1 aromatic rings. The van der Waals surface area contributed by atoms with Crippen LogP contribution >= 0.6 is 0 Å². The van der Waals surface area contributed by atoms with Crippen LogP contribution in [0.25, 0.3) is 5.57 Å². The number of carbonyl (C=O) groups excluding carboxylic acids is 1. The molecule has 0 radical (unpaired) electrons. The number of nitriles is 1. The monoisotopic (exact) mass is 226 g/mol. The van der Waals surface area contributed by atoms with Crippen molar-refractivity contribution in [3.05, 3.63) is 42.0 Å². The standard InChI is InChI=1S/C14H14N2O/c1-11(14(17)16-8-4-5-9-16)13-7-3-2-6-12(13)10-15/h2-3,6-7H,1,4-5,8-9H2. The zero-order valence-electron chi connectivity index (χ0n) is 9.65. The lowest BCUT2D eigenvalue weighted by Crippen LogP contribution is -2.28. The largest absolute Gasteiger partial charge is 0.339 e. The molecule has 0 bridgehead atoms. The van der Waals surface area contributed by atoms with E-state index in [4.69, 9.17) is 5.26 Å². The summed E-state index contributed by atoms with van der Waals surface area (Å²) in [7, 11) is 0. The Kier molecular flexibility index (Phi) is 3.24. The van der Waals surface area contributed by atoms with Gasteiger partial charge in [-0.15, -0.1) is 0 Å². The van der Waals surface area contributed by atoms with Crippen LogP contribution in [-0.2, 0) is 4.79 Å². The third-order valence-electron chi connectivity index (χ3n) is 3.02. The van der Waals surface area contributed by atoms with Crippen LogP contribution in [0.15, 0.2) is 30.8 Å². The van der Waals surface area contributed by atoms with E-state index in [1.165, 1.54) is 0 Å². The van der Waals surface area contributed by atoms with E-state index in [9.17, 15) is 4.79 Å². The zero-order chi connectivity index (χ0) is 12.3. The summed E-state index contributed by atoms with van der Waals surface area (Å²) in [4.78, 5) is 13.9. The molecule has 86 valence electrons. The molecule has 0 spiro atoms. The summed E-state index contributed by atoms with van der Waals surface area (Å²) in [6.07, 6.45) is 2.11. The van der Waals surface area contributed by atoms with Crippen molar-refractivity contribution >= 4 is 11.5 Å². The Morgan fingerprint density at radius 3 is 2.59 bits per heavy atom. The van der Waals surface area contributed by atoms with Crippen LogP contribution in [0.3, 0.4) is 0 Å². The molecule has 0 atom stereocenters. The van der Waals surface area contributed by atoms with Gasteiger partial charge in [0.1, 0.15) is 0 Å². The van der Waals surface area contributed by atoms with Crippen LogP contribution in [-0.4, -0.2) is 23.9 Å². The fourth-order valence-corrected chi connectivity index (χ4v) is 2.07. The summed E-state index contributed by atoms with van der Waals surface area (Å²) in [6.45, 7) is 5.43. The topological polar surface area (TPSA) is 44.1 Å². The number of nitrogens with zero attached hydrogens (tertiary/aromatic N) is 2. The molecule has 1 heterocycles. The molecule has 0 saturated carbocycles. The van der Waals surface area contributed by atoms with Crippen LogP contribution in [0.2, 0.25) is 0 Å². The van der Waals surface area contributed by atoms with E-state index in [1.807, 2.05) is 6.07 Å². The first-order valence-corrected chi connectivity index (χ1v) is 5.71. The van der Waals surface area contributed by atoms with Crippen molar-refractivity contribution in [1.29, 1.82) is 5.26 Å². The lowest BCUT2D eigenvalue weighted by atomic mass is 10.0. The van der Waals surface area contributed by atoms with Crippen LogP contribution < -0.4 is 0 Å². The number of hydrogen-bond donors (Lipinski definition) is 0. The van der Waals surface area contributed by atoms with Gasteiger partial charge in [-0.1, -0.05) is 24.8 Å². The predicted molar refractivity (Wildman–Crippen MR) is 66.0 cm³/mol. The summed E-state index contributed by atoms with van der Waals surface area (Å²) >= 11 is 0. The second kappa shape index (κ2) is 4.84. The van der Waals surface area contributed by atoms with Crippen LogP contribution in [0, 0.1) is 11.3 Å². The third-order valence-corrected chi connectivity index (χ3v) is 3.02. The molecule has 2 rings (SSSR count). The summed E-state index contributed by atoms with van der Waals surface area (Å²) < 4.78 is 0. The van der Waals surface area contributed by atoms with Crippen molar-refractivity contribution in [2.24, 2.45) is 0 Å². The lowest BCUT2D eigenvalue weighted by molar-refractivity contribution is -0.123. The molecule has 1 amide bonds. The number of benzene rings is 1. The molecule has 1 saturated heterocycles. The number of amides is 1. The maximum absolute atomic E-state index is 12.1. The normalized spacial score (nSPS) is 14.4. The van der Waals surface area contributed by atoms with Crippen molar-refractivity contribution in [2.75, 3.05) is 13.1 Å². The summed E-state index contributed by atoms with van der Waals surface area (Å²) in [6, 6.07) is 9.17. The highest BCUT2D eigenvalue weighted by molar-refractivity contribution is 6.19. The van der Waals surface area contributed by atoms with E-state index in [0.717, 1.165) is 25.9 Å². The van der Waals surface area contributed by atoms with Crippen molar-refractivity contribution in [3.63, 3.8) is 0 Å². The van der Waals surface area contributed by atoms with E-state index in [0.29, 0.717) is 16.7 Å². The van der Waals surface area contributed by atoms with E-state index in [1.54, 1.807) is 23.1 Å². The Bertz CT molecular complexity index is 493. The summed E-state index contributed by atoms with van der Waals surface area (Å²) in [5.41, 5.74) is 1.57. The minimum Gasteiger partial charge on any atom is -0.339 e. The van der Waals surface area contributed by atoms with Gasteiger partial charge in [0.2, 0.25) is 0 Å². The highest BCUT2D eigenvalue weighted by Gasteiger charge is 2.22. The van der Waals surface area contributed by atoms with Crippen LogP contribution in [0.5, 0.6) is 0 Å². The quantitative estimate of drug-likeness (QED) is 0.725. The number of hydrogen-bond acceptors (Lipinski definition) is 2. The molecule has 1 fully saturated rings. The van der Waals surface area contributed by atoms with Gasteiger partial charge in [0.15, 0.2) is 0 Å². The van der Waals surface area contributed by atoms with Crippen molar-refractivity contribution < 1.29 is 4.79 Å². The molecule has 0 aliphatic carbocycles. The highest BCUT2D eigenvalue weighted by atomic mass is 16.2. The van der Waals surface area contributed by atoms with Gasteiger partial charge in [-0.3, -0.25) is 4.79 Å². The van der Waals surface area contributed by atoms with Gasteiger partial charge in [-0.05, 0) is 18.9 Å². The molecule has 1 aromatic carbocycles. The van der Waals surface area contributed by atoms with E-state index in [-0.39, 0.29) is 5.91 Å². The minimum absolute atomic E-state index is 0.0507. The molecule has 3 heteroatoms. The van der Waals surface area contributed by atoms with Crippen LogP contribution in [0.4, 0.5) is 0 Å². The summed E-state index contributed by atoms with van der Waals surface area (Å²) in [5.74, 6) is -0.0507. The first-order valence-electron chi connectivity index (χ1n) is 5.71. The molecule has 0 N–H and O–H groups in total. The number of likely N-dealkylation sites (tertiary alicyclic amines) is 1. The first kappa shape index (κ1) is 11.4. The molecule has 3 nitrogen and oxygen atoms in total. The molecule has 17 heavy (non-hydrogen) atoms. The molecule has 1 aliphatic heterocycles. The van der Waals surface area contributed by atoms with E-state index >= 15 is 0 Å².